The number of carbonyl (C=O) groups is 2. The number of nitrogens with zero attached hydrogens (tertiary/aromatic N) is 2. The minimum Gasteiger partial charge on any atom is -0.486 e. The van der Waals surface area contributed by atoms with Gasteiger partial charge in [-0.3, -0.25) is 9.59 Å². The topological polar surface area (TPSA) is 82.4 Å². The Bertz CT molecular complexity index is 1120. The number of carbonyl (C=O) groups excluding carboxylic acids is 2. The number of amides is 1. The van der Waals surface area contributed by atoms with Crippen molar-refractivity contribution in [1.82, 2.24) is 14.9 Å². The average molecular weight is 472 g/mol. The molecule has 3 aromatic rings. The van der Waals surface area contributed by atoms with Gasteiger partial charge in [0.1, 0.15) is 13.2 Å². The lowest BCUT2D eigenvalue weighted by molar-refractivity contribution is -0.118. The van der Waals surface area contributed by atoms with Gasteiger partial charge in [0.15, 0.2) is 22.4 Å². The van der Waals surface area contributed by atoms with Crippen LogP contribution in [0.4, 0.5) is 0 Å². The number of rotatable bonds is 9. The first-order chi connectivity index (χ1) is 15.5. The van der Waals surface area contributed by atoms with Gasteiger partial charge in [-0.15, -0.1) is 11.3 Å². The molecule has 0 bridgehead atoms. The summed E-state index contributed by atoms with van der Waals surface area (Å²) >= 11 is 2.93. The van der Waals surface area contributed by atoms with E-state index in [4.69, 9.17) is 9.47 Å². The van der Waals surface area contributed by atoms with Gasteiger partial charge in [-0.1, -0.05) is 11.8 Å². The van der Waals surface area contributed by atoms with E-state index in [0.29, 0.717) is 25.5 Å². The summed E-state index contributed by atoms with van der Waals surface area (Å²) in [7, 11) is 0. The quantitative estimate of drug-likeness (QED) is 0.374. The molecule has 1 aromatic carbocycles. The molecule has 0 aliphatic carbocycles. The summed E-state index contributed by atoms with van der Waals surface area (Å²) in [6, 6.07) is 9.73. The molecular weight excluding hydrogens is 446 g/mol. The lowest BCUT2D eigenvalue weighted by Crippen LogP contribution is -2.22. The smallest absolute Gasteiger partial charge is 0.216 e. The maximum atomic E-state index is 12.7. The van der Waals surface area contributed by atoms with Gasteiger partial charge in [0.25, 0.3) is 0 Å². The minimum atomic E-state index is -0.0451. The fourth-order valence-corrected chi connectivity index (χ4v) is 5.40. The Kier molecular flexibility index (Phi) is 7.16. The van der Waals surface area contributed by atoms with Crippen molar-refractivity contribution in [2.75, 3.05) is 25.5 Å². The number of benzene rings is 1. The van der Waals surface area contributed by atoms with Crippen molar-refractivity contribution in [2.45, 2.75) is 32.0 Å². The number of ether oxygens (including phenoxy) is 2. The predicted octanol–water partition coefficient (Wildman–Crippen LogP) is 4.06. The zero-order chi connectivity index (χ0) is 22.5. The number of Topliss-reactive ketones (excluding diaryl/α,β-unsaturated/α-hetero) is 1. The second-order valence-electron chi connectivity index (χ2n) is 7.24. The number of imidazole rings is 1. The Balaban J connectivity index is 1.41. The largest absolute Gasteiger partial charge is 0.486 e. The molecule has 0 fully saturated rings. The van der Waals surface area contributed by atoms with E-state index in [2.05, 4.69) is 21.8 Å². The summed E-state index contributed by atoms with van der Waals surface area (Å²) in [5.74, 6) is 1.86. The van der Waals surface area contributed by atoms with Crippen molar-refractivity contribution in [3.63, 3.8) is 0 Å². The van der Waals surface area contributed by atoms with Gasteiger partial charge in [0.2, 0.25) is 5.91 Å². The Hall–Kier alpha value is -2.78. The van der Waals surface area contributed by atoms with E-state index >= 15 is 0 Å². The van der Waals surface area contributed by atoms with Crippen LogP contribution in [0.25, 0.3) is 11.3 Å². The average Bonchev–Trinajstić information content (AvgIpc) is 3.44. The minimum absolute atomic E-state index is 0.0451. The summed E-state index contributed by atoms with van der Waals surface area (Å²) in [5.41, 5.74) is 1.99. The summed E-state index contributed by atoms with van der Waals surface area (Å²) in [5, 5.41) is 3.59. The molecular formula is C23H25N3O4S2. The first-order valence-corrected chi connectivity index (χ1v) is 12.3. The second kappa shape index (κ2) is 10.2. The number of hydrogen-bond acceptors (Lipinski definition) is 7. The van der Waals surface area contributed by atoms with Crippen LogP contribution in [0.15, 0.2) is 41.7 Å². The molecule has 1 aliphatic heterocycles. The number of thioether (sulfide) groups is 1. The van der Waals surface area contributed by atoms with Crippen molar-refractivity contribution < 1.29 is 19.1 Å². The second-order valence-corrected chi connectivity index (χ2v) is 9.35. The molecule has 2 aromatic heterocycles. The monoisotopic (exact) mass is 471 g/mol. The molecule has 1 amide bonds. The van der Waals surface area contributed by atoms with Crippen molar-refractivity contribution in [1.29, 1.82) is 0 Å². The molecule has 1 N–H and O–H groups in total. The first kappa shape index (κ1) is 22.4. The number of ketones is 1. The molecule has 0 unspecified atom stereocenters. The van der Waals surface area contributed by atoms with E-state index in [1.54, 1.807) is 0 Å². The Morgan fingerprint density at radius 2 is 2.00 bits per heavy atom. The highest BCUT2D eigenvalue weighted by molar-refractivity contribution is 7.99. The lowest BCUT2D eigenvalue weighted by atomic mass is 10.1. The van der Waals surface area contributed by atoms with Gasteiger partial charge < -0.3 is 19.4 Å². The standard InChI is InChI=1S/C23H25N3O4S2/c1-3-26-18(16-4-6-20-21(12-16)30-11-10-29-20)13-25-23(26)31-14-19(28)22-7-5-17(32-22)8-9-24-15(2)27/h4-7,12-13H,3,8-11,14H2,1-2H3,(H,24,27). The Morgan fingerprint density at radius 1 is 1.19 bits per heavy atom. The number of aromatic nitrogens is 2. The summed E-state index contributed by atoms with van der Waals surface area (Å²) < 4.78 is 13.4. The third kappa shape index (κ3) is 5.16. The van der Waals surface area contributed by atoms with Gasteiger partial charge in [-0.2, -0.15) is 0 Å². The molecule has 0 atom stereocenters. The van der Waals surface area contributed by atoms with Crippen molar-refractivity contribution in [2.24, 2.45) is 0 Å². The zero-order valence-corrected chi connectivity index (χ0v) is 19.7. The van der Waals surface area contributed by atoms with Gasteiger partial charge in [-0.25, -0.2) is 4.98 Å². The molecule has 9 heteroatoms. The van der Waals surface area contributed by atoms with Crippen LogP contribution in [-0.4, -0.2) is 46.8 Å². The highest BCUT2D eigenvalue weighted by Crippen LogP contribution is 2.35. The molecule has 4 rings (SSSR count). The molecule has 7 nitrogen and oxygen atoms in total. The van der Waals surface area contributed by atoms with Crippen LogP contribution >= 0.6 is 23.1 Å². The van der Waals surface area contributed by atoms with E-state index in [9.17, 15) is 9.59 Å². The molecule has 0 spiro atoms. The third-order valence-electron chi connectivity index (χ3n) is 4.99. The predicted molar refractivity (Wildman–Crippen MR) is 126 cm³/mol. The highest BCUT2D eigenvalue weighted by atomic mass is 32.2. The van der Waals surface area contributed by atoms with Crippen LogP contribution in [-0.2, 0) is 17.8 Å². The maximum Gasteiger partial charge on any atom is 0.216 e. The van der Waals surface area contributed by atoms with Crippen LogP contribution in [0, 0.1) is 0 Å². The van der Waals surface area contributed by atoms with E-state index < -0.39 is 0 Å². The summed E-state index contributed by atoms with van der Waals surface area (Å²) in [6.07, 6.45) is 2.57. The zero-order valence-electron chi connectivity index (χ0n) is 18.1. The highest BCUT2D eigenvalue weighted by Gasteiger charge is 2.17. The number of thiophene rings is 1. The van der Waals surface area contributed by atoms with E-state index in [1.807, 2.05) is 36.5 Å². The molecule has 168 valence electrons. The van der Waals surface area contributed by atoms with Crippen molar-refractivity contribution in [3.05, 3.63) is 46.3 Å². The molecule has 0 saturated carbocycles. The molecule has 3 heterocycles. The van der Waals surface area contributed by atoms with Crippen LogP contribution in [0.3, 0.4) is 0 Å². The number of nitrogens with one attached hydrogen (secondary N) is 1. The fourth-order valence-electron chi connectivity index (χ4n) is 3.44. The van der Waals surface area contributed by atoms with Gasteiger partial charge in [0, 0.05) is 30.5 Å². The molecule has 0 saturated heterocycles. The number of hydrogen-bond donors (Lipinski definition) is 1. The molecule has 1 aliphatic rings. The Labute approximate surface area is 195 Å². The fraction of sp³-hybridized carbons (Fsp3) is 0.348. The van der Waals surface area contributed by atoms with Gasteiger partial charge >= 0.3 is 0 Å². The molecule has 0 radical (unpaired) electrons. The first-order valence-electron chi connectivity index (χ1n) is 10.5. The molecule has 32 heavy (non-hydrogen) atoms. The van der Waals surface area contributed by atoms with Crippen molar-refractivity contribution >= 4 is 34.8 Å². The summed E-state index contributed by atoms with van der Waals surface area (Å²) in [4.78, 5) is 30.1. The van der Waals surface area contributed by atoms with E-state index in [1.165, 1.54) is 30.0 Å². The van der Waals surface area contributed by atoms with Crippen LogP contribution < -0.4 is 14.8 Å². The van der Waals surface area contributed by atoms with Crippen LogP contribution in [0.2, 0.25) is 0 Å². The van der Waals surface area contributed by atoms with Crippen LogP contribution in [0.5, 0.6) is 11.5 Å². The normalized spacial score (nSPS) is 12.6. The maximum absolute atomic E-state index is 12.7. The van der Waals surface area contributed by atoms with E-state index in [-0.39, 0.29) is 11.7 Å². The Morgan fingerprint density at radius 3 is 2.78 bits per heavy atom. The summed E-state index contributed by atoms with van der Waals surface area (Å²) in [6.45, 7) is 6.00. The number of fused-ring (bicyclic) bond motifs is 1. The third-order valence-corrected chi connectivity index (χ3v) is 7.16. The van der Waals surface area contributed by atoms with E-state index in [0.717, 1.165) is 50.6 Å². The van der Waals surface area contributed by atoms with Crippen LogP contribution in [0.1, 0.15) is 28.4 Å². The van der Waals surface area contributed by atoms with Crippen molar-refractivity contribution in [3.8, 4) is 22.8 Å². The SMILES string of the molecule is CCn1c(-c2ccc3c(c2)OCCO3)cnc1SCC(=O)c1ccc(CCNC(C)=O)s1. The lowest BCUT2D eigenvalue weighted by Gasteiger charge is -2.19. The van der Waals surface area contributed by atoms with Gasteiger partial charge in [0.05, 0.1) is 22.5 Å². The van der Waals surface area contributed by atoms with Gasteiger partial charge in [-0.05, 0) is 43.7 Å².